The summed E-state index contributed by atoms with van der Waals surface area (Å²) in [6, 6.07) is 18.0. The Morgan fingerprint density at radius 1 is 0.935 bits per heavy atom. The van der Waals surface area contributed by atoms with Gasteiger partial charge in [-0.25, -0.2) is 13.4 Å². The molecule has 160 valence electrons. The van der Waals surface area contributed by atoms with Crippen LogP contribution in [-0.4, -0.2) is 45.6 Å². The van der Waals surface area contributed by atoms with Gasteiger partial charge in [0, 0.05) is 24.3 Å². The molecule has 4 rings (SSSR count). The van der Waals surface area contributed by atoms with E-state index in [1.807, 2.05) is 6.07 Å². The third-order valence-electron chi connectivity index (χ3n) is 4.82. The first-order valence-corrected chi connectivity index (χ1v) is 11.3. The van der Waals surface area contributed by atoms with E-state index in [1.165, 1.54) is 12.1 Å². The highest BCUT2D eigenvalue weighted by Gasteiger charge is 2.15. The topological polar surface area (TPSA) is 101 Å². The van der Waals surface area contributed by atoms with Crippen molar-refractivity contribution in [3.8, 4) is 0 Å². The number of anilines is 3. The van der Waals surface area contributed by atoms with Gasteiger partial charge in [0.05, 0.1) is 30.0 Å². The molecule has 1 saturated heterocycles. The summed E-state index contributed by atoms with van der Waals surface area (Å²) >= 11 is 0. The van der Waals surface area contributed by atoms with Crippen LogP contribution < -0.4 is 14.9 Å². The molecule has 2 N–H and O–H groups in total. The summed E-state index contributed by atoms with van der Waals surface area (Å²) in [6.07, 6.45) is 1.72. The lowest BCUT2D eigenvalue weighted by atomic mass is 10.2. The number of carbonyl (C=O) groups is 1. The van der Waals surface area contributed by atoms with Crippen molar-refractivity contribution < 1.29 is 17.9 Å². The Morgan fingerprint density at radius 3 is 2.29 bits per heavy atom. The number of benzene rings is 2. The maximum Gasteiger partial charge on any atom is 0.261 e. The highest BCUT2D eigenvalue weighted by atomic mass is 32.2. The largest absolute Gasteiger partial charge is 0.378 e. The molecule has 0 atom stereocenters. The van der Waals surface area contributed by atoms with E-state index < -0.39 is 10.0 Å². The Bertz CT molecular complexity index is 1130. The van der Waals surface area contributed by atoms with Gasteiger partial charge in [0.1, 0.15) is 5.82 Å². The van der Waals surface area contributed by atoms with Gasteiger partial charge < -0.3 is 15.0 Å². The van der Waals surface area contributed by atoms with Crippen LogP contribution in [-0.2, 0) is 14.8 Å². The zero-order valence-electron chi connectivity index (χ0n) is 16.7. The molecule has 2 aromatic carbocycles. The number of rotatable bonds is 6. The summed E-state index contributed by atoms with van der Waals surface area (Å²) in [4.78, 5) is 19.2. The second-order valence-electron chi connectivity index (χ2n) is 6.95. The molecule has 0 radical (unpaired) electrons. The summed E-state index contributed by atoms with van der Waals surface area (Å²) in [5.74, 6) is 0.111. The number of aromatic nitrogens is 1. The summed E-state index contributed by atoms with van der Waals surface area (Å²) in [6.45, 7) is 3.01. The van der Waals surface area contributed by atoms with E-state index in [1.54, 1.807) is 54.7 Å². The molecule has 1 aliphatic heterocycles. The number of pyridine rings is 1. The van der Waals surface area contributed by atoms with E-state index in [4.69, 9.17) is 4.74 Å². The lowest BCUT2D eigenvalue weighted by Gasteiger charge is -2.28. The molecule has 9 heteroatoms. The van der Waals surface area contributed by atoms with Crippen molar-refractivity contribution in [2.75, 3.05) is 41.2 Å². The fraction of sp³-hybridized carbons (Fsp3) is 0.182. The van der Waals surface area contributed by atoms with Crippen molar-refractivity contribution >= 4 is 33.1 Å². The highest BCUT2D eigenvalue weighted by molar-refractivity contribution is 7.92. The third kappa shape index (κ3) is 5.19. The minimum absolute atomic E-state index is 0.170. The standard InChI is InChI=1S/C22H22N4O4S/c27-22(24-21-11-10-19(16-23-21)26-12-14-30-15-13-26)17-6-8-18(9-7-17)25-31(28,29)20-4-2-1-3-5-20/h1-11,16,25H,12-15H2,(H,23,24,27). The zero-order valence-corrected chi connectivity index (χ0v) is 17.5. The van der Waals surface area contributed by atoms with Crippen LogP contribution in [0.2, 0.25) is 0 Å². The predicted octanol–water partition coefficient (Wildman–Crippen LogP) is 2.97. The first-order valence-electron chi connectivity index (χ1n) is 9.79. The van der Waals surface area contributed by atoms with Gasteiger partial charge in [-0.2, -0.15) is 0 Å². The lowest BCUT2D eigenvalue weighted by Crippen LogP contribution is -2.36. The molecule has 1 aromatic heterocycles. The second-order valence-corrected chi connectivity index (χ2v) is 8.63. The van der Waals surface area contributed by atoms with Crippen molar-refractivity contribution in [2.24, 2.45) is 0 Å². The van der Waals surface area contributed by atoms with Crippen molar-refractivity contribution in [1.82, 2.24) is 4.98 Å². The Morgan fingerprint density at radius 2 is 1.65 bits per heavy atom. The first-order chi connectivity index (χ1) is 15.0. The summed E-state index contributed by atoms with van der Waals surface area (Å²) in [7, 11) is -3.68. The number of carbonyl (C=O) groups excluding carboxylic acids is 1. The molecule has 31 heavy (non-hydrogen) atoms. The maximum atomic E-state index is 12.5. The SMILES string of the molecule is O=C(Nc1ccc(N2CCOCC2)cn1)c1ccc(NS(=O)(=O)c2ccccc2)cc1. The minimum Gasteiger partial charge on any atom is -0.378 e. The van der Waals surface area contributed by atoms with Crippen LogP contribution in [0.15, 0.2) is 77.8 Å². The Kier molecular flexibility index (Phi) is 6.15. The van der Waals surface area contributed by atoms with Crippen molar-refractivity contribution in [3.05, 3.63) is 78.5 Å². The van der Waals surface area contributed by atoms with Crippen LogP contribution in [0.3, 0.4) is 0 Å². The van der Waals surface area contributed by atoms with Gasteiger partial charge in [-0.15, -0.1) is 0 Å². The number of sulfonamides is 1. The van der Waals surface area contributed by atoms with E-state index >= 15 is 0 Å². The van der Waals surface area contributed by atoms with Crippen LogP contribution in [0.4, 0.5) is 17.2 Å². The molecule has 0 spiro atoms. The Balaban J connectivity index is 1.38. The molecule has 0 unspecified atom stereocenters. The van der Waals surface area contributed by atoms with Crippen LogP contribution >= 0.6 is 0 Å². The summed E-state index contributed by atoms with van der Waals surface area (Å²) in [5.41, 5.74) is 1.74. The van der Waals surface area contributed by atoms with Crippen molar-refractivity contribution in [3.63, 3.8) is 0 Å². The maximum absolute atomic E-state index is 12.5. The van der Waals surface area contributed by atoms with Crippen LogP contribution in [0.25, 0.3) is 0 Å². The smallest absolute Gasteiger partial charge is 0.261 e. The molecule has 1 aliphatic rings. The van der Waals surface area contributed by atoms with Crippen molar-refractivity contribution in [1.29, 1.82) is 0 Å². The fourth-order valence-corrected chi connectivity index (χ4v) is 4.24. The van der Waals surface area contributed by atoms with Crippen LogP contribution in [0.1, 0.15) is 10.4 Å². The quantitative estimate of drug-likeness (QED) is 0.614. The number of hydrogen-bond acceptors (Lipinski definition) is 6. The van der Waals surface area contributed by atoms with E-state index in [9.17, 15) is 13.2 Å². The molecule has 1 amide bonds. The molecule has 0 aliphatic carbocycles. The molecule has 1 fully saturated rings. The average Bonchev–Trinajstić information content (AvgIpc) is 2.81. The van der Waals surface area contributed by atoms with Gasteiger partial charge >= 0.3 is 0 Å². The zero-order chi connectivity index (χ0) is 21.7. The lowest BCUT2D eigenvalue weighted by molar-refractivity contribution is 0.102. The number of nitrogens with zero attached hydrogens (tertiary/aromatic N) is 2. The molecule has 8 nitrogen and oxygen atoms in total. The first kappa shape index (κ1) is 20.8. The van der Waals surface area contributed by atoms with Gasteiger partial charge in [-0.3, -0.25) is 9.52 Å². The van der Waals surface area contributed by atoms with Gasteiger partial charge in [0.25, 0.3) is 15.9 Å². The fourth-order valence-electron chi connectivity index (χ4n) is 3.16. The van der Waals surface area contributed by atoms with Gasteiger partial charge in [0.15, 0.2) is 0 Å². The van der Waals surface area contributed by atoms with E-state index in [-0.39, 0.29) is 10.8 Å². The normalized spacial score (nSPS) is 14.1. The minimum atomic E-state index is -3.68. The Labute approximate surface area is 180 Å². The second kappa shape index (κ2) is 9.15. The highest BCUT2D eigenvalue weighted by Crippen LogP contribution is 2.19. The number of ether oxygens (including phenoxy) is 1. The number of hydrogen-bond donors (Lipinski definition) is 2. The van der Waals surface area contributed by atoms with Crippen molar-refractivity contribution in [2.45, 2.75) is 4.90 Å². The van der Waals surface area contributed by atoms with E-state index in [0.717, 1.165) is 18.8 Å². The summed E-state index contributed by atoms with van der Waals surface area (Å²) in [5, 5.41) is 2.75. The molecule has 2 heterocycles. The predicted molar refractivity (Wildman–Crippen MR) is 119 cm³/mol. The molecule has 0 saturated carbocycles. The molecule has 0 bridgehead atoms. The number of morpholine rings is 1. The molecular weight excluding hydrogens is 416 g/mol. The molecular formula is C22H22N4O4S. The van der Waals surface area contributed by atoms with Crippen LogP contribution in [0.5, 0.6) is 0 Å². The van der Waals surface area contributed by atoms with E-state index in [0.29, 0.717) is 30.3 Å². The monoisotopic (exact) mass is 438 g/mol. The third-order valence-corrected chi connectivity index (χ3v) is 6.22. The Hall–Kier alpha value is -3.43. The molecule has 3 aromatic rings. The number of amides is 1. The van der Waals surface area contributed by atoms with Gasteiger partial charge in [-0.05, 0) is 48.5 Å². The summed E-state index contributed by atoms with van der Waals surface area (Å²) < 4.78 is 32.6. The van der Waals surface area contributed by atoms with Gasteiger partial charge in [0.2, 0.25) is 0 Å². The number of nitrogens with one attached hydrogen (secondary N) is 2. The van der Waals surface area contributed by atoms with Gasteiger partial charge in [-0.1, -0.05) is 18.2 Å². The van der Waals surface area contributed by atoms with E-state index in [2.05, 4.69) is 19.9 Å². The van der Waals surface area contributed by atoms with Crippen LogP contribution in [0, 0.1) is 0 Å². The average molecular weight is 439 g/mol.